The van der Waals surface area contributed by atoms with E-state index in [0.29, 0.717) is 6.42 Å². The van der Waals surface area contributed by atoms with E-state index in [1.54, 1.807) is 21.1 Å². The highest BCUT2D eigenvalue weighted by Crippen LogP contribution is 1.99. The highest BCUT2D eigenvalue weighted by Gasteiger charge is 2.18. The molecule has 0 saturated carbocycles. The van der Waals surface area contributed by atoms with Gasteiger partial charge in [0, 0.05) is 20.5 Å². The number of carbonyl (C=O) groups is 2. The van der Waals surface area contributed by atoms with Gasteiger partial charge >= 0.3 is 5.97 Å². The minimum atomic E-state index is -0.883. The first-order chi connectivity index (χ1) is 5.99. The first-order valence-electron chi connectivity index (χ1n) is 4.09. The third-order valence-electron chi connectivity index (χ3n) is 1.73. The third kappa shape index (κ3) is 4.47. The van der Waals surface area contributed by atoms with Gasteiger partial charge in [0.05, 0.1) is 6.04 Å². The second-order valence-electron chi connectivity index (χ2n) is 3.01. The average Bonchev–Trinajstić information content (AvgIpc) is 2.04. The first kappa shape index (κ1) is 11.9. The van der Waals surface area contributed by atoms with Crippen molar-refractivity contribution < 1.29 is 14.7 Å². The number of carboxylic acids is 1. The lowest BCUT2D eigenvalue weighted by molar-refractivity contribution is -0.137. The molecule has 0 aliphatic rings. The summed E-state index contributed by atoms with van der Waals surface area (Å²) in [6.07, 6.45) is 0.327. The molecule has 0 radical (unpaired) electrons. The SMILES string of the molecule is CN[C@@H](CCC(=O)O)C(=O)N(C)C. The fourth-order valence-electron chi connectivity index (χ4n) is 0.971. The van der Waals surface area contributed by atoms with Crippen LogP contribution < -0.4 is 5.32 Å². The molecule has 0 rings (SSSR count). The Morgan fingerprint density at radius 1 is 1.46 bits per heavy atom. The second kappa shape index (κ2) is 5.53. The summed E-state index contributed by atoms with van der Waals surface area (Å²) in [5.74, 6) is -0.976. The summed E-state index contributed by atoms with van der Waals surface area (Å²) in [4.78, 5) is 23.1. The van der Waals surface area contributed by atoms with Crippen LogP contribution in [0.3, 0.4) is 0 Å². The predicted octanol–water partition coefficient (Wildman–Crippen LogP) is -0.473. The highest BCUT2D eigenvalue weighted by atomic mass is 16.4. The van der Waals surface area contributed by atoms with E-state index >= 15 is 0 Å². The number of nitrogens with one attached hydrogen (secondary N) is 1. The van der Waals surface area contributed by atoms with Gasteiger partial charge in [0.15, 0.2) is 0 Å². The Labute approximate surface area is 77.7 Å². The number of nitrogens with zero attached hydrogens (tertiary/aromatic N) is 1. The zero-order chi connectivity index (χ0) is 10.4. The lowest BCUT2D eigenvalue weighted by Gasteiger charge is -2.18. The summed E-state index contributed by atoms with van der Waals surface area (Å²) in [6.45, 7) is 0. The van der Waals surface area contributed by atoms with Crippen LogP contribution >= 0.6 is 0 Å². The number of hydrogen-bond acceptors (Lipinski definition) is 3. The maximum absolute atomic E-state index is 11.4. The number of likely N-dealkylation sites (N-methyl/N-ethyl adjacent to an activating group) is 2. The van der Waals surface area contributed by atoms with E-state index in [4.69, 9.17) is 5.11 Å². The molecule has 5 nitrogen and oxygen atoms in total. The largest absolute Gasteiger partial charge is 0.481 e. The first-order valence-corrected chi connectivity index (χ1v) is 4.09. The molecule has 1 amide bonds. The zero-order valence-electron chi connectivity index (χ0n) is 8.20. The number of carbonyl (C=O) groups excluding carboxylic acids is 1. The van der Waals surface area contributed by atoms with Crippen molar-refractivity contribution in [1.82, 2.24) is 10.2 Å². The maximum atomic E-state index is 11.4. The van der Waals surface area contributed by atoms with E-state index in [9.17, 15) is 9.59 Å². The fourth-order valence-corrected chi connectivity index (χ4v) is 0.971. The summed E-state index contributed by atoms with van der Waals surface area (Å²) < 4.78 is 0. The van der Waals surface area contributed by atoms with Gasteiger partial charge in [0.2, 0.25) is 5.91 Å². The Hall–Kier alpha value is -1.10. The molecule has 0 saturated heterocycles. The monoisotopic (exact) mass is 188 g/mol. The number of amides is 1. The van der Waals surface area contributed by atoms with Crippen LogP contribution in [0.1, 0.15) is 12.8 Å². The van der Waals surface area contributed by atoms with Gasteiger partial charge in [-0.2, -0.15) is 0 Å². The number of aliphatic carboxylic acids is 1. The predicted molar refractivity (Wildman–Crippen MR) is 48.4 cm³/mol. The van der Waals surface area contributed by atoms with E-state index in [-0.39, 0.29) is 12.3 Å². The normalized spacial score (nSPS) is 12.2. The van der Waals surface area contributed by atoms with Gasteiger partial charge < -0.3 is 15.3 Å². The van der Waals surface area contributed by atoms with E-state index in [1.165, 1.54) is 4.90 Å². The van der Waals surface area contributed by atoms with Crippen LogP contribution in [0.25, 0.3) is 0 Å². The van der Waals surface area contributed by atoms with Crippen LogP contribution in [0.5, 0.6) is 0 Å². The van der Waals surface area contributed by atoms with Crippen molar-refractivity contribution in [2.24, 2.45) is 0 Å². The molecule has 0 aliphatic heterocycles. The Morgan fingerprint density at radius 3 is 2.31 bits per heavy atom. The van der Waals surface area contributed by atoms with E-state index in [0.717, 1.165) is 0 Å². The molecule has 0 bridgehead atoms. The molecule has 0 heterocycles. The van der Waals surface area contributed by atoms with Crippen LogP contribution in [0.2, 0.25) is 0 Å². The molecule has 1 atom stereocenters. The van der Waals surface area contributed by atoms with E-state index < -0.39 is 12.0 Å². The van der Waals surface area contributed by atoms with Crippen molar-refractivity contribution in [2.75, 3.05) is 21.1 Å². The summed E-state index contributed by atoms with van der Waals surface area (Å²) >= 11 is 0. The molecule has 5 heteroatoms. The molecule has 0 aromatic carbocycles. The molecule has 76 valence electrons. The van der Waals surface area contributed by atoms with Gasteiger partial charge in [-0.15, -0.1) is 0 Å². The molecule has 0 aliphatic carbocycles. The molecule has 0 aromatic rings. The van der Waals surface area contributed by atoms with Crippen molar-refractivity contribution in [2.45, 2.75) is 18.9 Å². The molecule has 0 fully saturated rings. The smallest absolute Gasteiger partial charge is 0.303 e. The Balaban J connectivity index is 4.02. The summed E-state index contributed by atoms with van der Waals surface area (Å²) in [5.41, 5.74) is 0. The van der Waals surface area contributed by atoms with Crippen LogP contribution in [-0.4, -0.2) is 49.1 Å². The molecule has 2 N–H and O–H groups in total. The van der Waals surface area contributed by atoms with Gasteiger partial charge in [-0.1, -0.05) is 0 Å². The van der Waals surface area contributed by atoms with E-state index in [1.807, 2.05) is 0 Å². The lowest BCUT2D eigenvalue weighted by atomic mass is 10.1. The van der Waals surface area contributed by atoms with Gasteiger partial charge in [0.25, 0.3) is 0 Å². The Kier molecular flexibility index (Phi) is 5.06. The third-order valence-corrected chi connectivity index (χ3v) is 1.73. The number of rotatable bonds is 5. The quantitative estimate of drug-likeness (QED) is 0.612. The summed E-state index contributed by atoms with van der Waals surface area (Å²) in [5, 5.41) is 11.2. The van der Waals surface area contributed by atoms with Crippen molar-refractivity contribution in [3.63, 3.8) is 0 Å². The molecule has 0 unspecified atom stereocenters. The number of carboxylic acid groups (broad SMARTS) is 1. The Morgan fingerprint density at radius 2 is 2.00 bits per heavy atom. The van der Waals surface area contributed by atoms with Crippen molar-refractivity contribution in [3.8, 4) is 0 Å². The average molecular weight is 188 g/mol. The Bertz CT molecular complexity index is 192. The fraction of sp³-hybridized carbons (Fsp3) is 0.750. The van der Waals surface area contributed by atoms with E-state index in [2.05, 4.69) is 5.32 Å². The van der Waals surface area contributed by atoms with Crippen molar-refractivity contribution in [3.05, 3.63) is 0 Å². The number of hydrogen-bond donors (Lipinski definition) is 2. The van der Waals surface area contributed by atoms with Crippen LogP contribution in [0.15, 0.2) is 0 Å². The van der Waals surface area contributed by atoms with Crippen molar-refractivity contribution >= 4 is 11.9 Å². The minimum Gasteiger partial charge on any atom is -0.481 e. The van der Waals surface area contributed by atoms with Gasteiger partial charge in [0.1, 0.15) is 0 Å². The molecule has 0 spiro atoms. The summed E-state index contributed by atoms with van der Waals surface area (Å²) in [6, 6.07) is -0.397. The topological polar surface area (TPSA) is 69.6 Å². The van der Waals surface area contributed by atoms with Gasteiger partial charge in [-0.25, -0.2) is 0 Å². The van der Waals surface area contributed by atoms with Gasteiger partial charge in [-0.05, 0) is 13.5 Å². The lowest BCUT2D eigenvalue weighted by Crippen LogP contribution is -2.42. The molecular weight excluding hydrogens is 172 g/mol. The standard InChI is InChI=1S/C8H16N2O3/c1-9-6(4-5-7(11)12)8(13)10(2)3/h6,9H,4-5H2,1-3H3,(H,11,12)/t6-/m0/s1. The zero-order valence-corrected chi connectivity index (χ0v) is 8.20. The summed E-state index contributed by atoms with van der Waals surface area (Å²) in [7, 11) is 4.94. The molecular formula is C8H16N2O3. The maximum Gasteiger partial charge on any atom is 0.303 e. The van der Waals surface area contributed by atoms with Crippen LogP contribution in [0.4, 0.5) is 0 Å². The molecule has 13 heavy (non-hydrogen) atoms. The van der Waals surface area contributed by atoms with Crippen molar-refractivity contribution in [1.29, 1.82) is 0 Å². The van der Waals surface area contributed by atoms with Gasteiger partial charge in [-0.3, -0.25) is 9.59 Å². The van der Waals surface area contributed by atoms with Crippen LogP contribution in [-0.2, 0) is 9.59 Å². The highest BCUT2D eigenvalue weighted by molar-refractivity contribution is 5.82. The second-order valence-corrected chi connectivity index (χ2v) is 3.01. The van der Waals surface area contributed by atoms with Crippen LogP contribution in [0, 0.1) is 0 Å². The minimum absolute atomic E-state index is 0.00505. The molecule has 0 aromatic heterocycles.